The molecule has 176 valence electrons. The minimum atomic E-state index is -0.942. The van der Waals surface area contributed by atoms with Crippen LogP contribution in [0, 0.1) is 11.6 Å². The van der Waals surface area contributed by atoms with E-state index in [0.717, 1.165) is 54.6 Å². The van der Waals surface area contributed by atoms with Gasteiger partial charge in [0.1, 0.15) is 11.5 Å². The lowest BCUT2D eigenvalue weighted by molar-refractivity contribution is 0.312. The summed E-state index contributed by atoms with van der Waals surface area (Å²) >= 11 is 0. The van der Waals surface area contributed by atoms with Crippen LogP contribution in [0.25, 0.3) is 44.6 Å². The maximum atomic E-state index is 14.5. The zero-order valence-corrected chi connectivity index (χ0v) is 19.0. The second-order valence-corrected chi connectivity index (χ2v) is 8.69. The second-order valence-electron chi connectivity index (χ2n) is 8.69. The van der Waals surface area contributed by atoms with E-state index in [1.807, 2.05) is 24.4 Å². The van der Waals surface area contributed by atoms with E-state index in [1.54, 1.807) is 12.4 Å². The van der Waals surface area contributed by atoms with Gasteiger partial charge in [0, 0.05) is 72.4 Å². The quantitative estimate of drug-likeness (QED) is 0.398. The van der Waals surface area contributed by atoms with Crippen LogP contribution in [-0.2, 0) is 0 Å². The molecule has 0 amide bonds. The Hall–Kier alpha value is -4.11. The van der Waals surface area contributed by atoms with Gasteiger partial charge in [-0.3, -0.25) is 0 Å². The van der Waals surface area contributed by atoms with Crippen molar-refractivity contribution in [2.75, 3.05) is 38.1 Å². The Labute approximate surface area is 200 Å². The third-order valence-corrected chi connectivity index (χ3v) is 6.50. The van der Waals surface area contributed by atoms with Crippen molar-refractivity contribution >= 4 is 16.9 Å². The van der Waals surface area contributed by atoms with Gasteiger partial charge in [0.2, 0.25) is 0 Å². The summed E-state index contributed by atoms with van der Waals surface area (Å²) in [6.45, 7) is 3.94. The molecule has 0 bridgehead atoms. The molecule has 9 heteroatoms. The van der Waals surface area contributed by atoms with E-state index >= 15 is 0 Å². The molecule has 1 saturated heterocycles. The SMILES string of the molecule is CN1CCN(c2ccc(-c3cnc4[nH]cc(-c5oncc5-c5cccc(F)c5F)c4c3)cn2)CC1. The summed E-state index contributed by atoms with van der Waals surface area (Å²) < 4.78 is 33.8. The fourth-order valence-electron chi connectivity index (χ4n) is 4.47. The molecule has 1 N–H and O–H groups in total. The number of rotatable bonds is 4. The molecular weight excluding hydrogens is 450 g/mol. The van der Waals surface area contributed by atoms with Crippen LogP contribution in [0.1, 0.15) is 0 Å². The van der Waals surface area contributed by atoms with E-state index in [1.165, 1.54) is 18.3 Å². The number of nitrogens with zero attached hydrogens (tertiary/aromatic N) is 5. The molecule has 4 aromatic heterocycles. The molecule has 5 heterocycles. The van der Waals surface area contributed by atoms with Crippen LogP contribution in [0.5, 0.6) is 0 Å². The van der Waals surface area contributed by atoms with Gasteiger partial charge >= 0.3 is 0 Å². The molecule has 0 atom stereocenters. The molecule has 1 aliphatic rings. The Morgan fingerprint density at radius 3 is 2.51 bits per heavy atom. The van der Waals surface area contributed by atoms with Crippen LogP contribution >= 0.6 is 0 Å². The lowest BCUT2D eigenvalue weighted by Gasteiger charge is -2.33. The normalized spacial score (nSPS) is 14.7. The number of likely N-dealkylation sites (N-methyl/N-ethyl adjacent to an activating group) is 1. The summed E-state index contributed by atoms with van der Waals surface area (Å²) in [6, 6.07) is 10.1. The molecule has 0 aliphatic carbocycles. The van der Waals surface area contributed by atoms with Crippen molar-refractivity contribution in [1.82, 2.24) is 25.0 Å². The van der Waals surface area contributed by atoms with E-state index in [2.05, 4.69) is 37.0 Å². The average Bonchev–Trinajstić information content (AvgIpc) is 3.53. The summed E-state index contributed by atoms with van der Waals surface area (Å²) in [4.78, 5) is 16.9. The molecule has 6 rings (SSSR count). The highest BCUT2D eigenvalue weighted by molar-refractivity contribution is 5.97. The maximum Gasteiger partial charge on any atom is 0.176 e. The zero-order valence-electron chi connectivity index (χ0n) is 19.0. The number of pyridine rings is 2. The number of hydrogen-bond acceptors (Lipinski definition) is 6. The smallest absolute Gasteiger partial charge is 0.176 e. The minimum absolute atomic E-state index is 0.0865. The molecule has 0 saturated carbocycles. The third-order valence-electron chi connectivity index (χ3n) is 6.50. The summed E-state index contributed by atoms with van der Waals surface area (Å²) in [5.41, 5.74) is 3.57. The summed E-state index contributed by atoms with van der Waals surface area (Å²) in [5, 5.41) is 4.63. The topological polar surface area (TPSA) is 74.1 Å². The van der Waals surface area contributed by atoms with Crippen LogP contribution in [0.4, 0.5) is 14.6 Å². The van der Waals surface area contributed by atoms with Crippen molar-refractivity contribution in [3.05, 3.63) is 72.8 Å². The highest BCUT2D eigenvalue weighted by Crippen LogP contribution is 2.38. The fraction of sp³-hybridized carbons (Fsp3) is 0.192. The predicted molar refractivity (Wildman–Crippen MR) is 130 cm³/mol. The van der Waals surface area contributed by atoms with E-state index < -0.39 is 11.6 Å². The Bertz CT molecular complexity index is 1500. The zero-order chi connectivity index (χ0) is 23.9. The first-order chi connectivity index (χ1) is 17.1. The van der Waals surface area contributed by atoms with Crippen LogP contribution < -0.4 is 4.90 Å². The Morgan fingerprint density at radius 2 is 1.71 bits per heavy atom. The van der Waals surface area contributed by atoms with E-state index in [0.29, 0.717) is 22.5 Å². The number of H-pyrrole nitrogens is 1. The number of benzene rings is 1. The van der Waals surface area contributed by atoms with Gasteiger partial charge in [-0.2, -0.15) is 0 Å². The number of piperazine rings is 1. The largest absolute Gasteiger partial charge is 0.356 e. The number of anilines is 1. The molecule has 0 unspecified atom stereocenters. The second kappa shape index (κ2) is 8.59. The highest BCUT2D eigenvalue weighted by atomic mass is 19.2. The van der Waals surface area contributed by atoms with Gasteiger partial charge in [0.25, 0.3) is 0 Å². The number of fused-ring (bicyclic) bond motifs is 1. The van der Waals surface area contributed by atoms with Crippen molar-refractivity contribution in [2.45, 2.75) is 0 Å². The molecular formula is C26H22F2N6O. The Morgan fingerprint density at radius 1 is 0.886 bits per heavy atom. The molecule has 0 radical (unpaired) electrons. The molecule has 0 spiro atoms. The average molecular weight is 472 g/mol. The molecule has 1 aliphatic heterocycles. The molecule has 5 aromatic rings. The number of hydrogen-bond donors (Lipinski definition) is 1. The standard InChI is InChI=1S/C26H22F2N6O/c1-33-7-9-34(10-8-33)23-6-5-16(12-29-23)17-11-19-20(14-31-26(19)30-13-17)25-21(15-32-35-25)18-3-2-4-22(27)24(18)28/h2-6,11-15H,7-10H2,1H3,(H,30,31). The van der Waals surface area contributed by atoms with Crippen LogP contribution in [0.15, 0.2) is 65.7 Å². The van der Waals surface area contributed by atoms with Gasteiger partial charge in [-0.05, 0) is 31.3 Å². The Kier molecular flexibility index (Phi) is 5.26. The van der Waals surface area contributed by atoms with Gasteiger partial charge in [-0.25, -0.2) is 18.7 Å². The van der Waals surface area contributed by atoms with Crippen LogP contribution in [0.3, 0.4) is 0 Å². The van der Waals surface area contributed by atoms with Gasteiger partial charge in [-0.15, -0.1) is 0 Å². The van der Waals surface area contributed by atoms with Gasteiger partial charge in [0.05, 0.1) is 11.8 Å². The fourth-order valence-corrected chi connectivity index (χ4v) is 4.47. The van der Waals surface area contributed by atoms with E-state index in [-0.39, 0.29) is 5.56 Å². The van der Waals surface area contributed by atoms with Crippen LogP contribution in [0.2, 0.25) is 0 Å². The van der Waals surface area contributed by atoms with Gasteiger partial charge < -0.3 is 19.3 Å². The first-order valence-corrected chi connectivity index (χ1v) is 11.3. The van der Waals surface area contributed by atoms with Crippen LogP contribution in [-0.4, -0.2) is 58.2 Å². The van der Waals surface area contributed by atoms with Crippen molar-refractivity contribution in [3.8, 4) is 33.6 Å². The molecule has 35 heavy (non-hydrogen) atoms. The molecule has 1 fully saturated rings. The van der Waals surface area contributed by atoms with Crippen molar-refractivity contribution < 1.29 is 13.3 Å². The minimum Gasteiger partial charge on any atom is -0.356 e. The third kappa shape index (κ3) is 3.83. The first-order valence-electron chi connectivity index (χ1n) is 11.3. The molecule has 1 aromatic carbocycles. The number of nitrogens with one attached hydrogen (secondary N) is 1. The molecule has 7 nitrogen and oxygen atoms in total. The summed E-state index contributed by atoms with van der Waals surface area (Å²) in [7, 11) is 2.13. The maximum absolute atomic E-state index is 14.5. The van der Waals surface area contributed by atoms with E-state index in [9.17, 15) is 8.78 Å². The van der Waals surface area contributed by atoms with Gasteiger partial charge in [-0.1, -0.05) is 17.3 Å². The Balaban J connectivity index is 1.36. The van der Waals surface area contributed by atoms with Crippen molar-refractivity contribution in [1.29, 1.82) is 0 Å². The first kappa shape index (κ1) is 21.4. The summed E-state index contributed by atoms with van der Waals surface area (Å²) in [6.07, 6.45) is 6.76. The summed E-state index contributed by atoms with van der Waals surface area (Å²) in [5.74, 6) is -0.572. The number of aromatic amines is 1. The van der Waals surface area contributed by atoms with E-state index in [4.69, 9.17) is 4.52 Å². The van der Waals surface area contributed by atoms with Crippen molar-refractivity contribution in [2.24, 2.45) is 0 Å². The lowest BCUT2D eigenvalue weighted by Crippen LogP contribution is -2.44. The number of aromatic nitrogens is 4. The predicted octanol–water partition coefficient (Wildman–Crippen LogP) is 4.98. The van der Waals surface area contributed by atoms with Crippen molar-refractivity contribution in [3.63, 3.8) is 0 Å². The van der Waals surface area contributed by atoms with Gasteiger partial charge in [0.15, 0.2) is 17.4 Å². The number of halogens is 2. The monoisotopic (exact) mass is 472 g/mol. The lowest BCUT2D eigenvalue weighted by atomic mass is 10.0. The highest BCUT2D eigenvalue weighted by Gasteiger charge is 2.21.